The molecule has 3 aliphatic rings. The predicted molar refractivity (Wildman–Crippen MR) is 112 cm³/mol. The number of halogens is 3. The molecular formula is C22H33F3N2O6. The average molecular weight is 479 g/mol. The lowest BCUT2D eigenvalue weighted by molar-refractivity contribution is -0.192. The van der Waals surface area contributed by atoms with E-state index in [9.17, 15) is 22.8 Å². The van der Waals surface area contributed by atoms with Gasteiger partial charge in [0.05, 0.1) is 12.0 Å². The van der Waals surface area contributed by atoms with Crippen molar-refractivity contribution in [1.82, 2.24) is 9.80 Å². The van der Waals surface area contributed by atoms with Gasteiger partial charge in [0, 0.05) is 57.8 Å². The van der Waals surface area contributed by atoms with Crippen molar-refractivity contribution in [3.05, 3.63) is 12.7 Å². The molecule has 0 saturated carbocycles. The maximum absolute atomic E-state index is 13.0. The molecule has 3 rings (SSSR count). The van der Waals surface area contributed by atoms with Gasteiger partial charge in [-0.2, -0.15) is 13.2 Å². The second-order valence-electron chi connectivity index (χ2n) is 8.63. The van der Waals surface area contributed by atoms with E-state index in [-0.39, 0.29) is 23.7 Å². The number of amides is 1. The summed E-state index contributed by atoms with van der Waals surface area (Å²) in [4.78, 5) is 39.1. The number of esters is 1. The van der Waals surface area contributed by atoms with E-state index in [0.717, 1.165) is 45.3 Å². The lowest BCUT2D eigenvalue weighted by atomic mass is 9.75. The molecule has 0 spiro atoms. The van der Waals surface area contributed by atoms with Crippen molar-refractivity contribution in [3.8, 4) is 0 Å². The van der Waals surface area contributed by atoms with Gasteiger partial charge in [-0.3, -0.25) is 14.5 Å². The van der Waals surface area contributed by atoms with Gasteiger partial charge in [0.25, 0.3) is 0 Å². The number of alkyl halides is 3. The van der Waals surface area contributed by atoms with Gasteiger partial charge in [0.2, 0.25) is 5.91 Å². The molecule has 0 aromatic heterocycles. The third-order valence-corrected chi connectivity index (χ3v) is 6.45. The van der Waals surface area contributed by atoms with Crippen LogP contribution in [0.15, 0.2) is 12.7 Å². The highest BCUT2D eigenvalue weighted by atomic mass is 19.4. The molecule has 0 bridgehead atoms. The van der Waals surface area contributed by atoms with Crippen LogP contribution < -0.4 is 0 Å². The van der Waals surface area contributed by atoms with Crippen molar-refractivity contribution >= 4 is 17.8 Å². The van der Waals surface area contributed by atoms with Gasteiger partial charge < -0.3 is 19.5 Å². The van der Waals surface area contributed by atoms with Crippen LogP contribution >= 0.6 is 0 Å². The number of hydrogen-bond donors (Lipinski definition) is 1. The van der Waals surface area contributed by atoms with E-state index in [1.54, 1.807) is 0 Å². The molecule has 3 saturated heterocycles. The zero-order valence-electron chi connectivity index (χ0n) is 18.9. The van der Waals surface area contributed by atoms with Crippen molar-refractivity contribution in [2.45, 2.75) is 38.8 Å². The summed E-state index contributed by atoms with van der Waals surface area (Å²) in [7, 11) is 0. The Morgan fingerprint density at radius 1 is 1.24 bits per heavy atom. The van der Waals surface area contributed by atoms with Crippen LogP contribution in [0, 0.1) is 17.3 Å². The summed E-state index contributed by atoms with van der Waals surface area (Å²) in [6, 6.07) is 0. The van der Waals surface area contributed by atoms with Crippen molar-refractivity contribution in [1.29, 1.82) is 0 Å². The second kappa shape index (κ2) is 11.8. The fourth-order valence-electron chi connectivity index (χ4n) is 4.87. The highest BCUT2D eigenvalue weighted by Crippen LogP contribution is 2.44. The van der Waals surface area contributed by atoms with Crippen LogP contribution in [0.1, 0.15) is 32.6 Å². The number of carbonyl (C=O) groups is 3. The van der Waals surface area contributed by atoms with Gasteiger partial charge in [0.15, 0.2) is 0 Å². The molecule has 0 unspecified atom stereocenters. The summed E-state index contributed by atoms with van der Waals surface area (Å²) in [6.45, 7) is 11.1. The average Bonchev–Trinajstić information content (AvgIpc) is 3.01. The van der Waals surface area contributed by atoms with Gasteiger partial charge in [-0.1, -0.05) is 6.08 Å². The Bertz CT molecular complexity index is 711. The van der Waals surface area contributed by atoms with Crippen LogP contribution in [-0.2, 0) is 23.9 Å². The molecule has 0 aromatic carbocycles. The van der Waals surface area contributed by atoms with Gasteiger partial charge in [-0.05, 0) is 32.6 Å². The molecule has 3 aliphatic heterocycles. The standard InChI is InChI=1S/C20H32N2O4.C2HF3O2/c1-3-9-21-13-17-14-22(18(23)16-6-11-25-12-7-16)10-5-8-20(17,15-21)19(24)26-4-2;3-2(4,5)1(6)7/h3,16-17H,1,4-15H2,2H3;(H,6,7)/t17-,20+;/m1./s1. The Morgan fingerprint density at radius 2 is 1.88 bits per heavy atom. The van der Waals surface area contributed by atoms with Gasteiger partial charge in [-0.15, -0.1) is 6.58 Å². The smallest absolute Gasteiger partial charge is 0.475 e. The normalized spacial score (nSPS) is 26.4. The van der Waals surface area contributed by atoms with E-state index in [1.165, 1.54) is 0 Å². The van der Waals surface area contributed by atoms with Gasteiger partial charge >= 0.3 is 18.1 Å². The molecular weight excluding hydrogens is 445 g/mol. The number of rotatable bonds is 5. The number of nitrogens with zero attached hydrogens (tertiary/aromatic N) is 2. The third-order valence-electron chi connectivity index (χ3n) is 6.45. The van der Waals surface area contributed by atoms with Crippen LogP contribution in [-0.4, -0.2) is 91.5 Å². The zero-order chi connectivity index (χ0) is 24.6. The fraction of sp³-hybridized carbons (Fsp3) is 0.773. The molecule has 188 valence electrons. The Labute approximate surface area is 191 Å². The summed E-state index contributed by atoms with van der Waals surface area (Å²) in [6.07, 6.45) is 0.0696. The molecule has 3 heterocycles. The van der Waals surface area contributed by atoms with E-state index in [2.05, 4.69) is 11.5 Å². The van der Waals surface area contributed by atoms with Crippen LogP contribution in [0.2, 0.25) is 0 Å². The number of carbonyl (C=O) groups excluding carboxylic acids is 2. The number of likely N-dealkylation sites (tertiary alicyclic amines) is 2. The van der Waals surface area contributed by atoms with Crippen LogP contribution in [0.25, 0.3) is 0 Å². The monoisotopic (exact) mass is 478 g/mol. The number of hydrogen-bond acceptors (Lipinski definition) is 6. The largest absolute Gasteiger partial charge is 0.490 e. The Hall–Kier alpha value is -2.14. The third kappa shape index (κ3) is 6.92. The topological polar surface area (TPSA) is 96.4 Å². The van der Waals surface area contributed by atoms with Gasteiger partial charge in [-0.25, -0.2) is 4.79 Å². The first-order chi connectivity index (χ1) is 15.5. The molecule has 8 nitrogen and oxygen atoms in total. The zero-order valence-corrected chi connectivity index (χ0v) is 18.9. The molecule has 2 atom stereocenters. The number of carboxylic acids is 1. The van der Waals surface area contributed by atoms with E-state index in [0.29, 0.717) is 32.9 Å². The summed E-state index contributed by atoms with van der Waals surface area (Å²) in [5.41, 5.74) is -0.482. The molecule has 3 fully saturated rings. The number of aliphatic carboxylic acids is 1. The van der Waals surface area contributed by atoms with Crippen molar-refractivity contribution < 1.29 is 42.1 Å². The van der Waals surface area contributed by atoms with Crippen molar-refractivity contribution in [2.24, 2.45) is 17.3 Å². The fourth-order valence-corrected chi connectivity index (χ4v) is 4.87. The molecule has 1 amide bonds. The van der Waals surface area contributed by atoms with Crippen molar-refractivity contribution in [2.75, 3.05) is 52.5 Å². The summed E-state index contributed by atoms with van der Waals surface area (Å²) in [5.74, 6) is -2.39. The van der Waals surface area contributed by atoms with Gasteiger partial charge in [0.1, 0.15) is 0 Å². The number of carboxylic acid groups (broad SMARTS) is 1. The maximum atomic E-state index is 13.0. The van der Waals surface area contributed by atoms with Crippen LogP contribution in [0.3, 0.4) is 0 Å². The Balaban J connectivity index is 0.000000479. The molecule has 33 heavy (non-hydrogen) atoms. The second-order valence-corrected chi connectivity index (χ2v) is 8.63. The van der Waals surface area contributed by atoms with E-state index >= 15 is 0 Å². The summed E-state index contributed by atoms with van der Waals surface area (Å²) >= 11 is 0. The predicted octanol–water partition coefficient (Wildman–Crippen LogP) is 2.34. The molecule has 11 heteroatoms. The quantitative estimate of drug-likeness (QED) is 0.479. The Morgan fingerprint density at radius 3 is 2.42 bits per heavy atom. The first kappa shape index (κ1) is 27.1. The molecule has 0 aliphatic carbocycles. The SMILES string of the molecule is C=CCN1C[C@@H]2CN(C(=O)C3CCOCC3)CCC[C@]2(C(=O)OCC)C1.O=C(O)C(F)(F)F. The van der Waals surface area contributed by atoms with E-state index in [4.69, 9.17) is 19.4 Å². The summed E-state index contributed by atoms with van der Waals surface area (Å²) in [5, 5.41) is 7.12. The first-order valence-electron chi connectivity index (χ1n) is 11.2. The number of ether oxygens (including phenoxy) is 2. The minimum atomic E-state index is -5.08. The highest BCUT2D eigenvalue weighted by Gasteiger charge is 2.54. The van der Waals surface area contributed by atoms with Crippen LogP contribution in [0.5, 0.6) is 0 Å². The first-order valence-corrected chi connectivity index (χ1v) is 11.2. The van der Waals surface area contributed by atoms with Crippen molar-refractivity contribution in [3.63, 3.8) is 0 Å². The maximum Gasteiger partial charge on any atom is 0.490 e. The highest BCUT2D eigenvalue weighted by molar-refractivity contribution is 5.80. The lowest BCUT2D eigenvalue weighted by Gasteiger charge is -2.33. The molecule has 0 aromatic rings. The minimum Gasteiger partial charge on any atom is -0.475 e. The summed E-state index contributed by atoms with van der Waals surface area (Å²) < 4.78 is 42.6. The van der Waals surface area contributed by atoms with Crippen LogP contribution in [0.4, 0.5) is 13.2 Å². The minimum absolute atomic E-state index is 0.0736. The van der Waals surface area contributed by atoms with E-state index < -0.39 is 17.6 Å². The molecule has 1 N–H and O–H groups in total. The van der Waals surface area contributed by atoms with E-state index in [1.807, 2.05) is 17.9 Å². The number of fused-ring (bicyclic) bond motifs is 1. The molecule has 0 radical (unpaired) electrons. The lowest BCUT2D eigenvalue weighted by Crippen LogP contribution is -2.45. The Kier molecular flexibility index (Phi) is 9.71.